The third-order valence-electron chi connectivity index (χ3n) is 5.27. The van der Waals surface area contributed by atoms with Gasteiger partial charge in [-0.25, -0.2) is 13.4 Å². The maximum Gasteiger partial charge on any atom is 0.243 e. The number of rotatable bonds is 5. The van der Waals surface area contributed by atoms with Crippen molar-refractivity contribution in [2.24, 2.45) is 0 Å². The molecule has 0 aliphatic carbocycles. The van der Waals surface area contributed by atoms with Gasteiger partial charge in [-0.1, -0.05) is 6.07 Å². The molecule has 1 fully saturated rings. The van der Waals surface area contributed by atoms with E-state index < -0.39 is 10.0 Å². The number of sulfonamides is 1. The van der Waals surface area contributed by atoms with E-state index in [9.17, 15) is 8.42 Å². The topological polar surface area (TPSA) is 80.8 Å². The van der Waals surface area contributed by atoms with Crippen molar-refractivity contribution in [3.05, 3.63) is 54.1 Å². The number of fused-ring (bicyclic) bond motifs is 2. The fraction of sp³-hybridized carbons (Fsp3) is 0.286. The number of pyridine rings is 1. The molecule has 3 aromatic rings. The zero-order valence-corrected chi connectivity index (χ0v) is 16.6. The molecule has 8 heteroatoms. The summed E-state index contributed by atoms with van der Waals surface area (Å²) in [5.74, 6) is 2.24. The highest BCUT2D eigenvalue weighted by Crippen LogP contribution is 2.32. The van der Waals surface area contributed by atoms with Crippen molar-refractivity contribution in [2.75, 3.05) is 25.2 Å². The van der Waals surface area contributed by atoms with Crippen LogP contribution >= 0.6 is 0 Å². The summed E-state index contributed by atoms with van der Waals surface area (Å²) in [6.07, 6.45) is 1.85. The normalized spacial score (nSPS) is 16.4. The molecule has 0 unspecified atom stereocenters. The molecule has 2 aliphatic rings. The number of aromatic nitrogens is 1. The molecule has 0 amide bonds. The van der Waals surface area contributed by atoms with Crippen LogP contribution in [0.15, 0.2) is 53.4 Å². The zero-order chi connectivity index (χ0) is 19.8. The summed E-state index contributed by atoms with van der Waals surface area (Å²) < 4.78 is 37.8. The molecule has 2 aliphatic heterocycles. The van der Waals surface area contributed by atoms with Gasteiger partial charge in [0.1, 0.15) is 5.82 Å². The second-order valence-electron chi connectivity index (χ2n) is 7.20. The van der Waals surface area contributed by atoms with Crippen LogP contribution in [0.2, 0.25) is 0 Å². The largest absolute Gasteiger partial charge is 0.454 e. The quantitative estimate of drug-likeness (QED) is 0.693. The third-order valence-corrected chi connectivity index (χ3v) is 7.17. The monoisotopic (exact) mass is 411 g/mol. The minimum absolute atomic E-state index is 0.258. The summed E-state index contributed by atoms with van der Waals surface area (Å²) >= 11 is 0. The number of nitrogens with one attached hydrogen (secondary N) is 1. The Morgan fingerprint density at radius 2 is 1.79 bits per heavy atom. The van der Waals surface area contributed by atoms with Crippen molar-refractivity contribution in [3.8, 4) is 11.5 Å². The predicted octanol–water partition coefficient (Wildman–Crippen LogP) is 3.36. The van der Waals surface area contributed by atoms with Crippen LogP contribution < -0.4 is 14.8 Å². The van der Waals surface area contributed by atoms with E-state index in [1.165, 1.54) is 0 Å². The first-order valence-corrected chi connectivity index (χ1v) is 11.1. The average molecular weight is 411 g/mol. The van der Waals surface area contributed by atoms with Gasteiger partial charge in [-0.05, 0) is 60.9 Å². The van der Waals surface area contributed by atoms with E-state index in [2.05, 4.69) is 10.3 Å². The van der Waals surface area contributed by atoms with Gasteiger partial charge in [-0.15, -0.1) is 0 Å². The Hall–Kier alpha value is -2.84. The van der Waals surface area contributed by atoms with Crippen LogP contribution in [0.5, 0.6) is 11.5 Å². The van der Waals surface area contributed by atoms with Gasteiger partial charge in [0, 0.05) is 25.0 Å². The van der Waals surface area contributed by atoms with Crippen molar-refractivity contribution >= 4 is 26.7 Å². The summed E-state index contributed by atoms with van der Waals surface area (Å²) in [6.45, 7) is 2.05. The van der Waals surface area contributed by atoms with Crippen LogP contribution in [0.25, 0.3) is 10.9 Å². The van der Waals surface area contributed by atoms with Gasteiger partial charge in [0.15, 0.2) is 11.5 Å². The molecular weight excluding hydrogens is 390 g/mol. The molecule has 3 heterocycles. The van der Waals surface area contributed by atoms with Gasteiger partial charge in [0.05, 0.1) is 10.4 Å². The Balaban J connectivity index is 1.34. The van der Waals surface area contributed by atoms with Gasteiger partial charge >= 0.3 is 0 Å². The Bertz CT molecular complexity index is 1170. The minimum atomic E-state index is -3.42. The number of anilines is 1. The smallest absolute Gasteiger partial charge is 0.243 e. The molecule has 1 aromatic heterocycles. The molecule has 0 bridgehead atoms. The first-order chi connectivity index (χ1) is 14.1. The molecule has 5 rings (SSSR count). The summed E-state index contributed by atoms with van der Waals surface area (Å²) in [5, 5.41) is 4.10. The Morgan fingerprint density at radius 3 is 2.66 bits per heavy atom. The van der Waals surface area contributed by atoms with Crippen LogP contribution in [0.1, 0.15) is 18.4 Å². The standard InChI is InChI=1S/C21H21N3O4S/c25-29(26,24-9-1-2-10-24)17-5-6-18-16(12-17)4-8-21(23-18)22-13-15-3-7-19-20(11-15)28-14-27-19/h3-8,11-12H,1-2,9-10,13-14H2,(H,22,23). The maximum atomic E-state index is 12.8. The maximum absolute atomic E-state index is 12.8. The zero-order valence-electron chi connectivity index (χ0n) is 15.8. The van der Waals surface area contributed by atoms with Gasteiger partial charge in [0.25, 0.3) is 0 Å². The predicted molar refractivity (Wildman–Crippen MR) is 110 cm³/mol. The second kappa shape index (κ2) is 7.20. The summed E-state index contributed by atoms with van der Waals surface area (Å²) in [6, 6.07) is 14.7. The lowest BCUT2D eigenvalue weighted by Crippen LogP contribution is -2.27. The van der Waals surface area contributed by atoms with Crippen LogP contribution in [0, 0.1) is 0 Å². The molecule has 150 valence electrons. The fourth-order valence-electron chi connectivity index (χ4n) is 3.68. The van der Waals surface area contributed by atoms with Crippen LogP contribution in [0.4, 0.5) is 5.82 Å². The third kappa shape index (κ3) is 3.49. The first kappa shape index (κ1) is 18.2. The molecule has 2 aromatic carbocycles. The fourth-order valence-corrected chi connectivity index (χ4v) is 5.24. The van der Waals surface area contributed by atoms with E-state index in [0.717, 1.165) is 46.6 Å². The molecule has 0 radical (unpaired) electrons. The second-order valence-corrected chi connectivity index (χ2v) is 9.14. The summed E-state index contributed by atoms with van der Waals surface area (Å²) in [5.41, 5.74) is 1.81. The molecule has 1 N–H and O–H groups in total. The van der Waals surface area contributed by atoms with Crippen LogP contribution in [-0.4, -0.2) is 37.6 Å². The Labute approximate surface area is 169 Å². The van der Waals surface area contributed by atoms with Crippen molar-refractivity contribution < 1.29 is 17.9 Å². The van der Waals surface area contributed by atoms with Crippen LogP contribution in [0.3, 0.4) is 0 Å². The number of hydrogen-bond acceptors (Lipinski definition) is 6. The van der Waals surface area contributed by atoms with Crippen molar-refractivity contribution in [1.82, 2.24) is 9.29 Å². The van der Waals surface area contributed by atoms with E-state index >= 15 is 0 Å². The number of hydrogen-bond donors (Lipinski definition) is 1. The minimum Gasteiger partial charge on any atom is -0.454 e. The van der Waals surface area contributed by atoms with Crippen LogP contribution in [-0.2, 0) is 16.6 Å². The number of ether oxygens (including phenoxy) is 2. The molecule has 29 heavy (non-hydrogen) atoms. The molecule has 1 saturated heterocycles. The van der Waals surface area contributed by atoms with E-state index in [4.69, 9.17) is 9.47 Å². The summed E-state index contributed by atoms with van der Waals surface area (Å²) in [7, 11) is -3.42. The van der Waals surface area contributed by atoms with E-state index in [-0.39, 0.29) is 6.79 Å². The Morgan fingerprint density at radius 1 is 0.966 bits per heavy atom. The van der Waals surface area contributed by atoms with Crippen molar-refractivity contribution in [1.29, 1.82) is 0 Å². The SMILES string of the molecule is O=S(=O)(c1ccc2nc(NCc3ccc4c(c3)OCO4)ccc2c1)N1CCCC1. The van der Waals surface area contributed by atoms with E-state index in [0.29, 0.717) is 24.5 Å². The highest BCUT2D eigenvalue weighted by Gasteiger charge is 2.27. The van der Waals surface area contributed by atoms with Gasteiger partial charge in [0.2, 0.25) is 16.8 Å². The Kier molecular flexibility index (Phi) is 4.52. The van der Waals surface area contributed by atoms with Crippen molar-refractivity contribution in [3.63, 3.8) is 0 Å². The van der Waals surface area contributed by atoms with E-state index in [1.54, 1.807) is 22.5 Å². The van der Waals surface area contributed by atoms with Gasteiger partial charge < -0.3 is 14.8 Å². The molecule has 0 atom stereocenters. The van der Waals surface area contributed by atoms with Gasteiger partial charge in [-0.3, -0.25) is 0 Å². The molecule has 0 spiro atoms. The van der Waals surface area contributed by atoms with Crippen molar-refractivity contribution in [2.45, 2.75) is 24.3 Å². The molecular formula is C21H21N3O4S. The number of benzene rings is 2. The first-order valence-electron chi connectivity index (χ1n) is 9.63. The highest BCUT2D eigenvalue weighted by atomic mass is 32.2. The highest BCUT2D eigenvalue weighted by molar-refractivity contribution is 7.89. The van der Waals surface area contributed by atoms with E-state index in [1.807, 2.05) is 30.3 Å². The van der Waals surface area contributed by atoms with Gasteiger partial charge in [-0.2, -0.15) is 4.31 Å². The number of nitrogens with zero attached hydrogens (tertiary/aromatic N) is 2. The lowest BCUT2D eigenvalue weighted by Gasteiger charge is -2.15. The molecule has 7 nitrogen and oxygen atoms in total. The summed E-state index contributed by atoms with van der Waals surface area (Å²) in [4.78, 5) is 4.94. The lowest BCUT2D eigenvalue weighted by atomic mass is 10.2. The average Bonchev–Trinajstić information content (AvgIpc) is 3.43. The lowest BCUT2D eigenvalue weighted by molar-refractivity contribution is 0.174. The molecule has 0 saturated carbocycles.